The van der Waals surface area contributed by atoms with Crippen LogP contribution < -0.4 is 5.73 Å². The summed E-state index contributed by atoms with van der Waals surface area (Å²) in [6.07, 6.45) is 0.750. The molecule has 0 saturated heterocycles. The van der Waals surface area contributed by atoms with Crippen molar-refractivity contribution in [2.75, 3.05) is 5.73 Å². The molecule has 0 saturated carbocycles. The Morgan fingerprint density at radius 1 is 1.53 bits per heavy atom. The minimum Gasteiger partial charge on any atom is -0.506 e. The number of nitrogen functional groups attached to an aromatic ring is 1. The highest BCUT2D eigenvalue weighted by molar-refractivity contribution is 5.85. The van der Waals surface area contributed by atoms with Gasteiger partial charge in [-0.25, -0.2) is 0 Å². The van der Waals surface area contributed by atoms with Gasteiger partial charge in [-0.2, -0.15) is 0 Å². The van der Waals surface area contributed by atoms with E-state index in [1.165, 1.54) is 6.07 Å². The molecule has 1 unspecified atom stereocenters. The van der Waals surface area contributed by atoms with Crippen LogP contribution in [-0.2, 0) is 4.79 Å². The summed E-state index contributed by atoms with van der Waals surface area (Å²) in [5.74, 6) is 0.0719. The van der Waals surface area contributed by atoms with Crippen LogP contribution in [0.3, 0.4) is 0 Å². The number of carbonyl (C=O) groups is 1. The summed E-state index contributed by atoms with van der Waals surface area (Å²) in [6, 6.07) is 4.92. The molecule has 0 radical (unpaired) electrons. The summed E-state index contributed by atoms with van der Waals surface area (Å²) >= 11 is 0. The highest BCUT2D eigenvalue weighted by Crippen LogP contribution is 2.27. The van der Waals surface area contributed by atoms with E-state index < -0.39 is 0 Å². The van der Waals surface area contributed by atoms with Gasteiger partial charge in [-0.05, 0) is 31.0 Å². The molecule has 0 bridgehead atoms. The van der Waals surface area contributed by atoms with Crippen molar-refractivity contribution in [1.82, 2.24) is 0 Å². The Balaban J connectivity index is 0.00000196. The van der Waals surface area contributed by atoms with E-state index in [0.29, 0.717) is 5.69 Å². The summed E-state index contributed by atoms with van der Waals surface area (Å²) in [5, 5.41) is 9.23. The predicted octanol–water partition coefficient (Wildman–Crippen LogP) is 2.48. The zero-order chi connectivity index (χ0) is 10.7. The smallest absolute Gasteiger partial charge is 0.138 e. The number of anilines is 1. The zero-order valence-corrected chi connectivity index (χ0v) is 9.67. The predicted molar refractivity (Wildman–Crippen MR) is 63.5 cm³/mol. The Labute approximate surface area is 95.7 Å². The number of phenols is 1. The van der Waals surface area contributed by atoms with Crippen LogP contribution in [-0.4, -0.2) is 10.9 Å². The van der Waals surface area contributed by atoms with E-state index in [4.69, 9.17) is 5.73 Å². The van der Waals surface area contributed by atoms with Crippen molar-refractivity contribution in [3.05, 3.63) is 23.8 Å². The Morgan fingerprint density at radius 2 is 2.13 bits per heavy atom. The third kappa shape index (κ3) is 3.13. The van der Waals surface area contributed by atoms with E-state index in [1.54, 1.807) is 19.1 Å². The highest BCUT2D eigenvalue weighted by atomic mass is 35.5. The normalized spacial score (nSPS) is 11.6. The average molecular weight is 230 g/mol. The van der Waals surface area contributed by atoms with E-state index in [2.05, 4.69) is 0 Å². The van der Waals surface area contributed by atoms with Crippen LogP contribution in [0, 0.1) is 0 Å². The fourth-order valence-electron chi connectivity index (χ4n) is 1.55. The van der Waals surface area contributed by atoms with E-state index in [-0.39, 0.29) is 29.9 Å². The lowest BCUT2D eigenvalue weighted by molar-refractivity contribution is -0.118. The highest BCUT2D eigenvalue weighted by Gasteiger charge is 2.14. The molecular weight excluding hydrogens is 214 g/mol. The summed E-state index contributed by atoms with van der Waals surface area (Å²) in [7, 11) is 0. The minimum atomic E-state index is -0.113. The van der Waals surface area contributed by atoms with Gasteiger partial charge in [0.05, 0.1) is 5.69 Å². The molecule has 0 amide bonds. The number of rotatable bonds is 3. The lowest BCUT2D eigenvalue weighted by Crippen LogP contribution is -2.07. The molecule has 3 N–H and O–H groups in total. The Kier molecular flexibility index (Phi) is 5.15. The molecule has 4 heteroatoms. The Bertz CT molecular complexity index is 352. The second-order valence-corrected chi connectivity index (χ2v) is 3.39. The second-order valence-electron chi connectivity index (χ2n) is 3.39. The number of carbonyl (C=O) groups excluding carboxylic acids is 1. The molecule has 1 aromatic carbocycles. The largest absolute Gasteiger partial charge is 0.506 e. The molecule has 1 atom stereocenters. The molecule has 3 nitrogen and oxygen atoms in total. The summed E-state index contributed by atoms with van der Waals surface area (Å²) in [6.45, 7) is 3.52. The lowest BCUT2D eigenvalue weighted by Gasteiger charge is -2.12. The number of nitrogens with two attached hydrogens (primary N) is 1. The van der Waals surface area contributed by atoms with Crippen molar-refractivity contribution < 1.29 is 9.90 Å². The van der Waals surface area contributed by atoms with Crippen LogP contribution in [0.5, 0.6) is 5.75 Å². The number of phenolic OH excluding ortho intramolecular Hbond substituents is 1. The third-order valence-corrected chi connectivity index (χ3v) is 2.35. The number of ketones is 1. The first-order valence-electron chi connectivity index (χ1n) is 4.65. The van der Waals surface area contributed by atoms with E-state index in [0.717, 1.165) is 12.0 Å². The van der Waals surface area contributed by atoms with Crippen molar-refractivity contribution in [3.8, 4) is 5.75 Å². The Hall–Kier alpha value is -1.22. The van der Waals surface area contributed by atoms with Crippen molar-refractivity contribution in [1.29, 1.82) is 0 Å². The van der Waals surface area contributed by atoms with Crippen LogP contribution in [0.1, 0.15) is 31.7 Å². The number of hydrogen-bond donors (Lipinski definition) is 2. The topological polar surface area (TPSA) is 63.3 Å². The van der Waals surface area contributed by atoms with Crippen LogP contribution in [0.2, 0.25) is 0 Å². The molecule has 0 heterocycles. The van der Waals surface area contributed by atoms with Gasteiger partial charge >= 0.3 is 0 Å². The van der Waals surface area contributed by atoms with E-state index in [9.17, 15) is 9.90 Å². The monoisotopic (exact) mass is 229 g/mol. The SMILES string of the molecule is CCC(C(C)=O)c1ccc(O)c(N)c1.Cl. The maximum Gasteiger partial charge on any atom is 0.138 e. The Morgan fingerprint density at radius 3 is 2.53 bits per heavy atom. The van der Waals surface area contributed by atoms with E-state index >= 15 is 0 Å². The fourth-order valence-corrected chi connectivity index (χ4v) is 1.55. The number of Topliss-reactive ketones (excluding diaryl/α,β-unsaturated/α-hetero) is 1. The zero-order valence-electron chi connectivity index (χ0n) is 8.86. The van der Waals surface area contributed by atoms with Crippen LogP contribution >= 0.6 is 12.4 Å². The molecule has 0 spiro atoms. The van der Waals surface area contributed by atoms with Gasteiger partial charge < -0.3 is 10.8 Å². The number of hydrogen-bond acceptors (Lipinski definition) is 3. The first-order valence-corrected chi connectivity index (χ1v) is 4.65. The first kappa shape index (κ1) is 13.8. The molecule has 0 aliphatic carbocycles. The summed E-state index contributed by atoms with van der Waals surface area (Å²) in [5.41, 5.74) is 6.74. The van der Waals surface area contributed by atoms with Crippen molar-refractivity contribution >= 4 is 23.9 Å². The molecule has 15 heavy (non-hydrogen) atoms. The van der Waals surface area contributed by atoms with E-state index in [1.807, 2.05) is 6.92 Å². The average Bonchev–Trinajstić information content (AvgIpc) is 2.11. The van der Waals surface area contributed by atoms with Gasteiger partial charge in [0.1, 0.15) is 11.5 Å². The maximum absolute atomic E-state index is 11.3. The molecule has 1 rings (SSSR count). The summed E-state index contributed by atoms with van der Waals surface area (Å²) in [4.78, 5) is 11.3. The second kappa shape index (κ2) is 5.61. The molecule has 0 aliphatic heterocycles. The van der Waals surface area contributed by atoms with Crippen molar-refractivity contribution in [3.63, 3.8) is 0 Å². The van der Waals surface area contributed by atoms with Gasteiger partial charge in [0, 0.05) is 5.92 Å². The third-order valence-electron chi connectivity index (χ3n) is 2.35. The van der Waals surface area contributed by atoms with Crippen LogP contribution in [0.4, 0.5) is 5.69 Å². The van der Waals surface area contributed by atoms with Gasteiger partial charge in [-0.1, -0.05) is 13.0 Å². The standard InChI is InChI=1S/C11H15NO2.ClH/c1-3-9(7(2)13)8-4-5-11(14)10(12)6-8;/h4-6,9,14H,3,12H2,1-2H3;1H. The number of aromatic hydroxyl groups is 1. The maximum atomic E-state index is 11.3. The van der Waals surface area contributed by atoms with Gasteiger partial charge in [-0.3, -0.25) is 4.79 Å². The number of benzene rings is 1. The molecule has 84 valence electrons. The molecule has 1 aromatic rings. The molecule has 0 aromatic heterocycles. The van der Waals surface area contributed by atoms with Crippen LogP contribution in [0.25, 0.3) is 0 Å². The van der Waals surface area contributed by atoms with Gasteiger partial charge in [0.15, 0.2) is 0 Å². The van der Waals surface area contributed by atoms with Gasteiger partial charge in [0.2, 0.25) is 0 Å². The quantitative estimate of drug-likeness (QED) is 0.618. The minimum absolute atomic E-state index is 0. The van der Waals surface area contributed by atoms with Crippen LogP contribution in [0.15, 0.2) is 18.2 Å². The molecule has 0 aliphatic rings. The first-order chi connectivity index (χ1) is 6.56. The molecular formula is C11H16ClNO2. The van der Waals surface area contributed by atoms with Crippen molar-refractivity contribution in [2.45, 2.75) is 26.2 Å². The van der Waals surface area contributed by atoms with Gasteiger partial charge in [0.25, 0.3) is 0 Å². The van der Waals surface area contributed by atoms with Crippen molar-refractivity contribution in [2.24, 2.45) is 0 Å². The lowest BCUT2D eigenvalue weighted by atomic mass is 9.92. The number of halogens is 1. The fraction of sp³-hybridized carbons (Fsp3) is 0.364. The van der Waals surface area contributed by atoms with Gasteiger partial charge in [-0.15, -0.1) is 12.4 Å². The summed E-state index contributed by atoms with van der Waals surface area (Å²) < 4.78 is 0. The molecule has 0 fully saturated rings.